The van der Waals surface area contributed by atoms with Gasteiger partial charge < -0.3 is 0 Å². The van der Waals surface area contributed by atoms with E-state index in [-0.39, 0.29) is 27.4 Å². The molecule has 0 aliphatic heterocycles. The van der Waals surface area contributed by atoms with Crippen LogP contribution in [0.1, 0.15) is 26.7 Å². The molecule has 2 unspecified atom stereocenters. The van der Waals surface area contributed by atoms with Crippen molar-refractivity contribution in [1.29, 1.82) is 0 Å². The minimum atomic E-state index is -4.14. The number of nitro groups is 1. The van der Waals surface area contributed by atoms with Gasteiger partial charge in [0.1, 0.15) is 4.90 Å². The maximum atomic E-state index is 13.0. The number of benzene rings is 2. The topological polar surface area (TPSA) is 114 Å². The number of hydrogen-bond acceptors (Lipinski definition) is 6. The first-order valence-electron chi connectivity index (χ1n) is 10.1. The summed E-state index contributed by atoms with van der Waals surface area (Å²) in [6.45, 7) is 4.51. The fourth-order valence-corrected chi connectivity index (χ4v) is 5.75. The molecular formula is C22H23ClN4O4S. The summed E-state index contributed by atoms with van der Waals surface area (Å²) in [5.41, 5.74) is 4.19. The summed E-state index contributed by atoms with van der Waals surface area (Å²) in [5.74, 6) is 1.13. The van der Waals surface area contributed by atoms with Crippen LogP contribution in [0.25, 0.3) is 0 Å². The number of sulfonamides is 1. The van der Waals surface area contributed by atoms with Gasteiger partial charge in [0.05, 0.1) is 16.8 Å². The highest BCUT2D eigenvalue weighted by molar-refractivity contribution is 7.92. The minimum absolute atomic E-state index is 0.135. The van der Waals surface area contributed by atoms with Gasteiger partial charge in [-0.2, -0.15) is 5.10 Å². The molecule has 2 aromatic carbocycles. The zero-order valence-electron chi connectivity index (χ0n) is 17.6. The summed E-state index contributed by atoms with van der Waals surface area (Å²) < 4.78 is 28.5. The van der Waals surface area contributed by atoms with E-state index in [2.05, 4.69) is 35.2 Å². The summed E-state index contributed by atoms with van der Waals surface area (Å²) in [6.07, 6.45) is 6.02. The Balaban J connectivity index is 1.60. The largest absolute Gasteiger partial charge is 0.280 e. The molecule has 32 heavy (non-hydrogen) atoms. The molecule has 1 fully saturated rings. The van der Waals surface area contributed by atoms with E-state index in [9.17, 15) is 18.5 Å². The van der Waals surface area contributed by atoms with Crippen LogP contribution in [0, 0.1) is 27.4 Å². The quantitative estimate of drug-likeness (QED) is 0.315. The third kappa shape index (κ3) is 4.22. The summed E-state index contributed by atoms with van der Waals surface area (Å²) in [4.78, 5) is 10.3. The lowest BCUT2D eigenvalue weighted by Crippen LogP contribution is -2.48. The SMILES string of the molecule is CC1(C)C2CC=C(/C=N/Nc3ccc([N+](=O)[O-])cc3S(=O)(=O)Nc3ccc(Cl)cc3)C1C2. The Morgan fingerprint density at radius 3 is 2.56 bits per heavy atom. The molecule has 0 heterocycles. The molecule has 8 nitrogen and oxygen atoms in total. The van der Waals surface area contributed by atoms with Crippen molar-refractivity contribution in [3.8, 4) is 0 Å². The number of halogens is 1. The molecule has 3 aliphatic rings. The highest BCUT2D eigenvalue weighted by Gasteiger charge is 2.50. The summed E-state index contributed by atoms with van der Waals surface area (Å²) in [5, 5.41) is 15.9. The molecule has 2 bridgehead atoms. The highest BCUT2D eigenvalue weighted by atomic mass is 35.5. The number of nitro benzene ring substituents is 1. The second-order valence-electron chi connectivity index (χ2n) is 8.67. The number of hydrogen-bond donors (Lipinski definition) is 2. The van der Waals surface area contributed by atoms with Crippen molar-refractivity contribution in [1.82, 2.24) is 0 Å². The molecule has 5 rings (SSSR count). The minimum Gasteiger partial charge on any atom is -0.280 e. The predicted octanol–water partition coefficient (Wildman–Crippen LogP) is 5.44. The van der Waals surface area contributed by atoms with Crippen molar-refractivity contribution in [2.75, 3.05) is 10.1 Å². The number of fused-ring (bicyclic) bond motifs is 1. The van der Waals surface area contributed by atoms with Crippen molar-refractivity contribution in [2.45, 2.75) is 31.6 Å². The predicted molar refractivity (Wildman–Crippen MR) is 126 cm³/mol. The van der Waals surface area contributed by atoms with Crippen LogP contribution in [-0.2, 0) is 10.0 Å². The van der Waals surface area contributed by atoms with Crippen molar-refractivity contribution in [3.63, 3.8) is 0 Å². The van der Waals surface area contributed by atoms with Gasteiger partial charge in [-0.05, 0) is 66.0 Å². The van der Waals surface area contributed by atoms with E-state index in [0.717, 1.165) is 24.5 Å². The summed E-state index contributed by atoms with van der Waals surface area (Å²) in [6, 6.07) is 9.68. The van der Waals surface area contributed by atoms with Crippen LogP contribution < -0.4 is 10.1 Å². The number of anilines is 2. The molecule has 0 radical (unpaired) electrons. The van der Waals surface area contributed by atoms with Gasteiger partial charge in [0.25, 0.3) is 15.7 Å². The highest BCUT2D eigenvalue weighted by Crippen LogP contribution is 2.58. The van der Waals surface area contributed by atoms with E-state index >= 15 is 0 Å². The zero-order valence-corrected chi connectivity index (χ0v) is 19.2. The van der Waals surface area contributed by atoms with E-state index in [1.165, 1.54) is 24.3 Å². The maximum absolute atomic E-state index is 13.0. The fraction of sp³-hybridized carbons (Fsp3) is 0.318. The van der Waals surface area contributed by atoms with Crippen LogP contribution >= 0.6 is 11.6 Å². The molecule has 2 aromatic rings. The van der Waals surface area contributed by atoms with Gasteiger partial charge in [-0.3, -0.25) is 20.3 Å². The number of nitrogens with one attached hydrogen (secondary N) is 2. The van der Waals surface area contributed by atoms with Gasteiger partial charge in [0, 0.05) is 22.8 Å². The van der Waals surface area contributed by atoms with Crippen LogP contribution in [0.2, 0.25) is 5.02 Å². The van der Waals surface area contributed by atoms with E-state index in [1.54, 1.807) is 18.3 Å². The monoisotopic (exact) mass is 474 g/mol. The maximum Gasteiger partial charge on any atom is 0.270 e. The van der Waals surface area contributed by atoms with E-state index in [4.69, 9.17) is 11.6 Å². The first-order chi connectivity index (χ1) is 15.1. The molecule has 10 heteroatoms. The molecule has 0 aromatic heterocycles. The Hall–Kier alpha value is -2.91. The molecule has 0 spiro atoms. The number of non-ortho nitro benzene ring substituents is 1. The molecule has 168 valence electrons. The van der Waals surface area contributed by atoms with Gasteiger partial charge in [-0.15, -0.1) is 0 Å². The Morgan fingerprint density at radius 2 is 1.94 bits per heavy atom. The van der Waals surface area contributed by atoms with Gasteiger partial charge in [-0.1, -0.05) is 31.5 Å². The first-order valence-corrected chi connectivity index (χ1v) is 12.0. The fourth-order valence-electron chi connectivity index (χ4n) is 4.39. The Kier molecular flexibility index (Phi) is 5.72. The number of hydrazone groups is 1. The third-order valence-corrected chi connectivity index (χ3v) is 8.14. The lowest BCUT2D eigenvalue weighted by Gasteiger charge is -2.55. The van der Waals surface area contributed by atoms with Crippen molar-refractivity contribution < 1.29 is 13.3 Å². The average Bonchev–Trinajstić information content (AvgIpc) is 2.75. The normalized spacial score (nSPS) is 21.5. The summed E-state index contributed by atoms with van der Waals surface area (Å²) >= 11 is 5.85. The number of rotatable bonds is 7. The Labute approximate surface area is 191 Å². The van der Waals surface area contributed by atoms with Crippen LogP contribution in [0.15, 0.2) is 64.1 Å². The second-order valence-corrected chi connectivity index (χ2v) is 10.8. The van der Waals surface area contributed by atoms with Gasteiger partial charge in [0.15, 0.2) is 0 Å². The van der Waals surface area contributed by atoms with Crippen LogP contribution in [0.4, 0.5) is 17.1 Å². The lowest BCUT2D eigenvalue weighted by molar-refractivity contribution is -0.385. The van der Waals surface area contributed by atoms with Crippen molar-refractivity contribution in [2.24, 2.45) is 22.4 Å². The average molecular weight is 475 g/mol. The Morgan fingerprint density at radius 1 is 1.22 bits per heavy atom. The molecule has 1 saturated carbocycles. The van der Waals surface area contributed by atoms with Crippen LogP contribution in [0.3, 0.4) is 0 Å². The molecule has 0 amide bonds. The van der Waals surface area contributed by atoms with Crippen LogP contribution in [0.5, 0.6) is 0 Å². The standard InChI is InChI=1S/C22H23ClN4O4S/c1-22(2)15-4-3-14(19(22)11-15)13-24-25-20-10-9-18(27(28)29)12-21(20)32(30,31)26-17-7-5-16(23)6-8-17/h3,5-10,12-13,15,19,25-26H,4,11H2,1-2H3/b24-13+. The van der Waals surface area contributed by atoms with Crippen molar-refractivity contribution >= 4 is 44.9 Å². The molecule has 0 saturated heterocycles. The lowest BCUT2D eigenvalue weighted by atomic mass is 9.49. The molecule has 2 N–H and O–H groups in total. The van der Waals surface area contributed by atoms with Crippen molar-refractivity contribution in [3.05, 3.63) is 69.3 Å². The van der Waals surface area contributed by atoms with Gasteiger partial charge in [0.2, 0.25) is 0 Å². The first kappa shape index (κ1) is 22.3. The molecular weight excluding hydrogens is 452 g/mol. The van der Waals surface area contributed by atoms with E-state index in [0.29, 0.717) is 16.9 Å². The smallest absolute Gasteiger partial charge is 0.270 e. The van der Waals surface area contributed by atoms with E-state index in [1.807, 2.05) is 0 Å². The molecule has 3 aliphatic carbocycles. The zero-order chi connectivity index (χ0) is 23.1. The number of nitrogens with zero attached hydrogens (tertiary/aromatic N) is 2. The van der Waals surface area contributed by atoms with E-state index < -0.39 is 14.9 Å². The Bertz CT molecular complexity index is 1220. The third-order valence-electron chi connectivity index (χ3n) is 6.47. The van der Waals surface area contributed by atoms with Gasteiger partial charge >= 0.3 is 0 Å². The summed E-state index contributed by atoms with van der Waals surface area (Å²) in [7, 11) is -4.14. The number of allylic oxidation sites excluding steroid dienone is 2. The van der Waals surface area contributed by atoms with Crippen LogP contribution in [-0.4, -0.2) is 19.6 Å². The molecule has 2 atom stereocenters. The van der Waals surface area contributed by atoms with Gasteiger partial charge in [-0.25, -0.2) is 8.42 Å². The second kappa shape index (κ2) is 8.22.